The van der Waals surface area contributed by atoms with Crippen LogP contribution in [0, 0.1) is 0 Å². The fourth-order valence-corrected chi connectivity index (χ4v) is 4.67. The lowest BCUT2D eigenvalue weighted by molar-refractivity contribution is -0.126. The molecule has 2 heterocycles. The lowest BCUT2D eigenvalue weighted by Gasteiger charge is -2.22. The van der Waals surface area contributed by atoms with Crippen molar-refractivity contribution >= 4 is 33.9 Å². The molecule has 3 aromatic rings. The molecule has 0 aliphatic carbocycles. The van der Waals surface area contributed by atoms with E-state index in [0.29, 0.717) is 18.7 Å². The van der Waals surface area contributed by atoms with Crippen molar-refractivity contribution in [3.8, 4) is 11.3 Å². The standard InChI is InChI=1S/C26H34N2O2S/c1-3-5-7-11-16-28(17-12-8-6-4-2)26(30)25(29)23-21-13-9-10-14-22(21)27-24(23)20-15-18-31-19-20/h9-10,13-15,18-19,27H,3-8,11-12,16-17H2,1-2H3. The van der Waals surface area contributed by atoms with Gasteiger partial charge >= 0.3 is 0 Å². The van der Waals surface area contributed by atoms with E-state index in [2.05, 4.69) is 18.8 Å². The van der Waals surface area contributed by atoms with Gasteiger partial charge in [-0.3, -0.25) is 9.59 Å². The molecule has 1 amide bonds. The molecule has 0 saturated heterocycles. The molecular formula is C26H34N2O2S. The summed E-state index contributed by atoms with van der Waals surface area (Å²) in [6.45, 7) is 5.68. The summed E-state index contributed by atoms with van der Waals surface area (Å²) in [7, 11) is 0. The van der Waals surface area contributed by atoms with E-state index in [1.54, 1.807) is 16.2 Å². The number of carbonyl (C=O) groups excluding carboxylic acids is 2. The highest BCUT2D eigenvalue weighted by molar-refractivity contribution is 7.08. The SMILES string of the molecule is CCCCCCN(CCCCCC)C(=O)C(=O)c1c(-c2ccsc2)[nH]c2ccccc12. The van der Waals surface area contributed by atoms with Gasteiger partial charge in [0.2, 0.25) is 0 Å². The quantitative estimate of drug-likeness (QED) is 0.176. The average Bonchev–Trinajstić information content (AvgIpc) is 3.45. The smallest absolute Gasteiger partial charge is 0.295 e. The van der Waals surface area contributed by atoms with Gasteiger partial charge in [-0.05, 0) is 30.4 Å². The minimum atomic E-state index is -0.398. The Morgan fingerprint density at radius 3 is 2.19 bits per heavy atom. The molecule has 3 rings (SSSR count). The van der Waals surface area contributed by atoms with E-state index >= 15 is 0 Å². The molecule has 4 nitrogen and oxygen atoms in total. The van der Waals surface area contributed by atoms with Gasteiger partial charge in [0.05, 0.1) is 11.3 Å². The number of thiophene rings is 1. The zero-order valence-electron chi connectivity index (χ0n) is 18.8. The number of ketones is 1. The van der Waals surface area contributed by atoms with E-state index in [1.807, 2.05) is 41.1 Å². The second-order valence-electron chi connectivity index (χ2n) is 8.18. The minimum Gasteiger partial charge on any atom is -0.354 e. The van der Waals surface area contributed by atoms with Crippen molar-refractivity contribution in [3.05, 3.63) is 46.7 Å². The fraction of sp³-hybridized carbons (Fsp3) is 0.462. The molecule has 1 aromatic carbocycles. The van der Waals surface area contributed by atoms with Crippen LogP contribution >= 0.6 is 11.3 Å². The number of hydrogen-bond donors (Lipinski definition) is 1. The molecule has 0 saturated carbocycles. The second kappa shape index (κ2) is 11.8. The number of carbonyl (C=O) groups is 2. The van der Waals surface area contributed by atoms with Crippen LogP contribution in [0.5, 0.6) is 0 Å². The van der Waals surface area contributed by atoms with Crippen molar-refractivity contribution < 1.29 is 9.59 Å². The zero-order chi connectivity index (χ0) is 22.1. The summed E-state index contributed by atoms with van der Waals surface area (Å²) in [6, 6.07) is 9.74. The number of rotatable bonds is 13. The van der Waals surface area contributed by atoms with Crippen molar-refractivity contribution in [1.82, 2.24) is 9.88 Å². The molecule has 0 aliphatic heterocycles. The number of H-pyrrole nitrogens is 1. The molecule has 5 heteroatoms. The molecule has 0 radical (unpaired) electrons. The number of nitrogens with one attached hydrogen (secondary N) is 1. The average molecular weight is 439 g/mol. The molecule has 0 fully saturated rings. The van der Waals surface area contributed by atoms with E-state index in [1.165, 1.54) is 0 Å². The number of amides is 1. The third-order valence-electron chi connectivity index (χ3n) is 5.79. The first-order valence-corrected chi connectivity index (χ1v) is 12.6. The molecule has 31 heavy (non-hydrogen) atoms. The summed E-state index contributed by atoms with van der Waals surface area (Å²) >= 11 is 1.58. The van der Waals surface area contributed by atoms with E-state index in [-0.39, 0.29) is 5.91 Å². The summed E-state index contributed by atoms with van der Waals surface area (Å²) in [5.41, 5.74) is 3.09. The van der Waals surface area contributed by atoms with Crippen molar-refractivity contribution in [2.45, 2.75) is 65.2 Å². The first kappa shape index (κ1) is 23.3. The first-order chi connectivity index (χ1) is 15.2. The topological polar surface area (TPSA) is 53.2 Å². The van der Waals surface area contributed by atoms with Crippen molar-refractivity contribution in [1.29, 1.82) is 0 Å². The highest BCUT2D eigenvalue weighted by Gasteiger charge is 2.28. The Bertz CT molecular complexity index is 963. The van der Waals surface area contributed by atoms with E-state index in [0.717, 1.165) is 73.5 Å². The maximum absolute atomic E-state index is 13.5. The lowest BCUT2D eigenvalue weighted by atomic mass is 10.0. The van der Waals surface area contributed by atoms with Crippen LogP contribution in [-0.4, -0.2) is 34.7 Å². The van der Waals surface area contributed by atoms with E-state index < -0.39 is 5.78 Å². The van der Waals surface area contributed by atoms with Crippen molar-refractivity contribution in [2.75, 3.05) is 13.1 Å². The maximum atomic E-state index is 13.5. The Hall–Kier alpha value is -2.40. The Balaban J connectivity index is 1.86. The Morgan fingerprint density at radius 1 is 0.903 bits per heavy atom. The number of benzene rings is 1. The normalized spacial score (nSPS) is 11.2. The molecule has 0 unspecified atom stereocenters. The molecular weight excluding hydrogens is 404 g/mol. The summed E-state index contributed by atoms with van der Waals surface area (Å²) in [6.07, 6.45) is 8.73. The number of Topliss-reactive ketones (excluding diaryl/α,β-unsaturated/α-hetero) is 1. The van der Waals surface area contributed by atoms with E-state index in [4.69, 9.17) is 0 Å². The van der Waals surface area contributed by atoms with Crippen LogP contribution in [0.15, 0.2) is 41.1 Å². The lowest BCUT2D eigenvalue weighted by Crippen LogP contribution is -2.38. The van der Waals surface area contributed by atoms with E-state index in [9.17, 15) is 9.59 Å². The molecule has 166 valence electrons. The molecule has 2 aromatic heterocycles. The van der Waals surface area contributed by atoms with Crippen LogP contribution in [0.1, 0.15) is 75.6 Å². The summed E-state index contributed by atoms with van der Waals surface area (Å²) < 4.78 is 0. The molecule has 0 atom stereocenters. The highest BCUT2D eigenvalue weighted by atomic mass is 32.1. The Kier molecular flexibility index (Phi) is 8.89. The number of hydrogen-bond acceptors (Lipinski definition) is 3. The number of fused-ring (bicyclic) bond motifs is 1. The number of para-hydroxylation sites is 1. The summed E-state index contributed by atoms with van der Waals surface area (Å²) in [5.74, 6) is -0.765. The Labute approximate surface area is 189 Å². The van der Waals surface area contributed by atoms with Crippen LogP contribution in [0.4, 0.5) is 0 Å². The van der Waals surface area contributed by atoms with Crippen molar-refractivity contribution in [3.63, 3.8) is 0 Å². The Morgan fingerprint density at radius 2 is 1.58 bits per heavy atom. The van der Waals surface area contributed by atoms with Gasteiger partial charge in [-0.2, -0.15) is 11.3 Å². The minimum absolute atomic E-state index is 0.366. The number of nitrogens with zero attached hydrogens (tertiary/aromatic N) is 1. The van der Waals surface area contributed by atoms with Gasteiger partial charge < -0.3 is 9.88 Å². The summed E-state index contributed by atoms with van der Waals surface area (Å²) in [4.78, 5) is 32.1. The second-order valence-corrected chi connectivity index (χ2v) is 8.96. The van der Waals surface area contributed by atoms with Gasteiger partial charge in [0.1, 0.15) is 0 Å². The first-order valence-electron chi connectivity index (χ1n) is 11.6. The molecule has 0 spiro atoms. The van der Waals surface area contributed by atoms with Gasteiger partial charge in [-0.1, -0.05) is 70.6 Å². The number of aromatic nitrogens is 1. The predicted molar refractivity (Wildman–Crippen MR) is 131 cm³/mol. The monoisotopic (exact) mass is 438 g/mol. The zero-order valence-corrected chi connectivity index (χ0v) is 19.6. The molecule has 0 bridgehead atoms. The number of aromatic amines is 1. The third kappa shape index (κ3) is 5.85. The van der Waals surface area contributed by atoms with Crippen LogP contribution in [-0.2, 0) is 4.79 Å². The highest BCUT2D eigenvalue weighted by Crippen LogP contribution is 2.32. The van der Waals surface area contributed by atoms with Crippen LogP contribution < -0.4 is 0 Å². The predicted octanol–water partition coefficient (Wildman–Crippen LogP) is 7.07. The van der Waals surface area contributed by atoms with Crippen LogP contribution in [0.2, 0.25) is 0 Å². The van der Waals surface area contributed by atoms with Gasteiger partial charge in [0.15, 0.2) is 0 Å². The number of unbranched alkanes of at least 4 members (excludes halogenated alkanes) is 6. The van der Waals surface area contributed by atoms with Crippen LogP contribution in [0.25, 0.3) is 22.2 Å². The molecule has 0 aliphatic rings. The molecule has 1 N–H and O–H groups in total. The largest absolute Gasteiger partial charge is 0.354 e. The van der Waals surface area contributed by atoms with Gasteiger partial charge in [-0.25, -0.2) is 0 Å². The third-order valence-corrected chi connectivity index (χ3v) is 6.47. The van der Waals surface area contributed by atoms with Gasteiger partial charge in [0.25, 0.3) is 11.7 Å². The van der Waals surface area contributed by atoms with Gasteiger partial charge in [0, 0.05) is 34.9 Å². The van der Waals surface area contributed by atoms with Gasteiger partial charge in [-0.15, -0.1) is 0 Å². The maximum Gasteiger partial charge on any atom is 0.295 e. The summed E-state index contributed by atoms with van der Waals surface area (Å²) in [5, 5.41) is 4.82. The fourth-order valence-electron chi connectivity index (χ4n) is 4.03. The van der Waals surface area contributed by atoms with Crippen molar-refractivity contribution in [2.24, 2.45) is 0 Å². The van der Waals surface area contributed by atoms with Crippen LogP contribution in [0.3, 0.4) is 0 Å².